The number of benzene rings is 1. The lowest BCUT2D eigenvalue weighted by atomic mass is 10.1. The lowest BCUT2D eigenvalue weighted by Crippen LogP contribution is -2.24. The quantitative estimate of drug-likeness (QED) is 0.709. The number of methoxy groups -OCH3 is 1. The summed E-state index contributed by atoms with van der Waals surface area (Å²) >= 11 is 0. The Morgan fingerprint density at radius 3 is 2.67 bits per heavy atom. The zero-order chi connectivity index (χ0) is 15.7. The first kappa shape index (κ1) is 18.0. The minimum Gasteiger partial charge on any atom is -0.496 e. The maximum absolute atomic E-state index is 5.56. The summed E-state index contributed by atoms with van der Waals surface area (Å²) < 4.78 is 5.56. The van der Waals surface area contributed by atoms with E-state index in [-0.39, 0.29) is 0 Å². The number of ether oxygens (including phenoxy) is 1. The number of hydrogen-bond donors (Lipinski definition) is 1. The number of nitrogens with zero attached hydrogens (tertiary/aromatic N) is 1. The van der Waals surface area contributed by atoms with Crippen molar-refractivity contribution in [3.05, 3.63) is 29.3 Å². The zero-order valence-electron chi connectivity index (χ0n) is 14.4. The molecule has 3 nitrogen and oxygen atoms in total. The second kappa shape index (κ2) is 9.80. The van der Waals surface area contributed by atoms with Gasteiger partial charge in [-0.3, -0.25) is 0 Å². The average Bonchev–Trinajstić information content (AvgIpc) is 2.50. The van der Waals surface area contributed by atoms with Crippen molar-refractivity contribution in [2.24, 2.45) is 0 Å². The predicted octanol–water partition coefficient (Wildman–Crippen LogP) is 3.82. The normalized spacial score (nSPS) is 12.7. The highest BCUT2D eigenvalue weighted by Gasteiger charge is 2.07. The van der Waals surface area contributed by atoms with Crippen LogP contribution in [-0.4, -0.2) is 31.6 Å². The van der Waals surface area contributed by atoms with Gasteiger partial charge in [0.2, 0.25) is 0 Å². The summed E-state index contributed by atoms with van der Waals surface area (Å²) in [5, 5.41) is 3.52. The number of rotatable bonds is 10. The molecule has 1 unspecified atom stereocenters. The second-order valence-corrected chi connectivity index (χ2v) is 5.93. The van der Waals surface area contributed by atoms with Crippen molar-refractivity contribution in [3.63, 3.8) is 0 Å². The van der Waals surface area contributed by atoms with Crippen LogP contribution in [-0.2, 0) is 13.1 Å². The van der Waals surface area contributed by atoms with E-state index in [1.807, 2.05) is 0 Å². The number of hydrogen-bond acceptors (Lipinski definition) is 3. The molecule has 0 fully saturated rings. The van der Waals surface area contributed by atoms with Crippen LogP contribution in [0, 0.1) is 0 Å². The molecule has 120 valence electrons. The first-order valence-electron chi connectivity index (χ1n) is 8.18. The van der Waals surface area contributed by atoms with Crippen molar-refractivity contribution < 1.29 is 4.74 Å². The summed E-state index contributed by atoms with van der Waals surface area (Å²) in [5.41, 5.74) is 2.55. The SMILES string of the molecule is CCCCN(C)Cc1ccc(CNC(C)CC)c(OC)c1. The molecule has 0 spiro atoms. The van der Waals surface area contributed by atoms with E-state index in [9.17, 15) is 0 Å². The molecule has 1 atom stereocenters. The van der Waals surface area contributed by atoms with Crippen molar-refractivity contribution in [3.8, 4) is 5.75 Å². The highest BCUT2D eigenvalue weighted by molar-refractivity contribution is 5.37. The Balaban J connectivity index is 2.65. The fourth-order valence-electron chi connectivity index (χ4n) is 2.28. The van der Waals surface area contributed by atoms with Gasteiger partial charge in [0.25, 0.3) is 0 Å². The topological polar surface area (TPSA) is 24.5 Å². The van der Waals surface area contributed by atoms with Gasteiger partial charge in [-0.15, -0.1) is 0 Å². The Hall–Kier alpha value is -1.06. The van der Waals surface area contributed by atoms with Crippen LogP contribution in [0.3, 0.4) is 0 Å². The van der Waals surface area contributed by atoms with Crippen molar-refractivity contribution in [1.29, 1.82) is 0 Å². The number of nitrogens with one attached hydrogen (secondary N) is 1. The molecule has 0 saturated heterocycles. The monoisotopic (exact) mass is 292 g/mol. The van der Waals surface area contributed by atoms with Crippen molar-refractivity contribution in [2.45, 2.75) is 59.2 Å². The summed E-state index contributed by atoms with van der Waals surface area (Å²) in [6, 6.07) is 7.13. The summed E-state index contributed by atoms with van der Waals surface area (Å²) in [4.78, 5) is 2.37. The molecule has 0 heterocycles. The molecule has 0 amide bonds. The fraction of sp³-hybridized carbons (Fsp3) is 0.667. The van der Waals surface area contributed by atoms with Crippen LogP contribution in [0.2, 0.25) is 0 Å². The van der Waals surface area contributed by atoms with Gasteiger partial charge in [0.15, 0.2) is 0 Å². The van der Waals surface area contributed by atoms with Gasteiger partial charge < -0.3 is 15.0 Å². The van der Waals surface area contributed by atoms with Crippen LogP contribution in [0.15, 0.2) is 18.2 Å². The minimum absolute atomic E-state index is 0.537. The van der Waals surface area contributed by atoms with Gasteiger partial charge in [0, 0.05) is 24.7 Å². The molecule has 0 aliphatic rings. The Bertz CT molecular complexity index is 406. The third kappa shape index (κ3) is 6.49. The highest BCUT2D eigenvalue weighted by atomic mass is 16.5. The summed E-state index contributed by atoms with van der Waals surface area (Å²) in [6.07, 6.45) is 3.64. The maximum Gasteiger partial charge on any atom is 0.123 e. The lowest BCUT2D eigenvalue weighted by molar-refractivity contribution is 0.319. The Morgan fingerprint density at radius 1 is 1.29 bits per heavy atom. The van der Waals surface area contributed by atoms with E-state index in [0.29, 0.717) is 6.04 Å². The van der Waals surface area contributed by atoms with E-state index < -0.39 is 0 Å². The van der Waals surface area contributed by atoms with Crippen LogP contribution in [0.1, 0.15) is 51.2 Å². The molecular weight excluding hydrogens is 260 g/mol. The Kier molecular flexibility index (Phi) is 8.40. The average molecular weight is 292 g/mol. The molecule has 1 aromatic rings. The van der Waals surface area contributed by atoms with E-state index in [0.717, 1.165) is 31.8 Å². The molecule has 0 aliphatic heterocycles. The van der Waals surface area contributed by atoms with E-state index in [1.165, 1.54) is 24.0 Å². The van der Waals surface area contributed by atoms with E-state index >= 15 is 0 Å². The zero-order valence-corrected chi connectivity index (χ0v) is 14.4. The van der Waals surface area contributed by atoms with Gasteiger partial charge in [-0.2, -0.15) is 0 Å². The summed E-state index contributed by atoms with van der Waals surface area (Å²) in [6.45, 7) is 9.64. The van der Waals surface area contributed by atoms with Crippen molar-refractivity contribution in [2.75, 3.05) is 20.7 Å². The van der Waals surface area contributed by atoms with Crippen LogP contribution >= 0.6 is 0 Å². The third-order valence-electron chi connectivity index (χ3n) is 3.95. The van der Waals surface area contributed by atoms with Crippen LogP contribution < -0.4 is 10.1 Å². The van der Waals surface area contributed by atoms with Gasteiger partial charge in [0.05, 0.1) is 7.11 Å². The molecular formula is C18H32N2O. The van der Waals surface area contributed by atoms with Gasteiger partial charge in [-0.05, 0) is 45.0 Å². The minimum atomic E-state index is 0.537. The van der Waals surface area contributed by atoms with Gasteiger partial charge in [0.1, 0.15) is 5.75 Å². The van der Waals surface area contributed by atoms with E-state index in [2.05, 4.69) is 56.2 Å². The number of unbranched alkanes of at least 4 members (excludes halogenated alkanes) is 1. The van der Waals surface area contributed by atoms with E-state index in [1.54, 1.807) is 7.11 Å². The molecule has 0 saturated carbocycles. The van der Waals surface area contributed by atoms with Gasteiger partial charge in [-0.1, -0.05) is 32.4 Å². The molecule has 0 bridgehead atoms. The lowest BCUT2D eigenvalue weighted by Gasteiger charge is -2.18. The summed E-state index contributed by atoms with van der Waals surface area (Å²) in [7, 11) is 3.94. The molecule has 1 aromatic carbocycles. The molecule has 0 radical (unpaired) electrons. The van der Waals surface area contributed by atoms with Gasteiger partial charge >= 0.3 is 0 Å². The second-order valence-electron chi connectivity index (χ2n) is 5.93. The van der Waals surface area contributed by atoms with Crippen molar-refractivity contribution in [1.82, 2.24) is 10.2 Å². The smallest absolute Gasteiger partial charge is 0.123 e. The molecule has 1 N–H and O–H groups in total. The fourth-order valence-corrected chi connectivity index (χ4v) is 2.28. The van der Waals surface area contributed by atoms with Crippen LogP contribution in [0.5, 0.6) is 5.75 Å². The van der Waals surface area contributed by atoms with E-state index in [4.69, 9.17) is 4.74 Å². The predicted molar refractivity (Wildman–Crippen MR) is 90.8 cm³/mol. The highest BCUT2D eigenvalue weighted by Crippen LogP contribution is 2.21. The van der Waals surface area contributed by atoms with Gasteiger partial charge in [-0.25, -0.2) is 0 Å². The Morgan fingerprint density at radius 2 is 2.05 bits per heavy atom. The summed E-state index contributed by atoms with van der Waals surface area (Å²) in [5.74, 6) is 0.993. The first-order chi connectivity index (χ1) is 10.1. The van der Waals surface area contributed by atoms with Crippen LogP contribution in [0.25, 0.3) is 0 Å². The third-order valence-corrected chi connectivity index (χ3v) is 3.95. The molecule has 0 aliphatic carbocycles. The first-order valence-corrected chi connectivity index (χ1v) is 8.18. The maximum atomic E-state index is 5.56. The van der Waals surface area contributed by atoms with Crippen LogP contribution in [0.4, 0.5) is 0 Å². The standard InChI is InChI=1S/C18H32N2O/c1-6-8-11-20(4)14-16-9-10-17(18(12-16)21-5)13-19-15(3)7-2/h9-10,12,15,19H,6-8,11,13-14H2,1-5H3. The molecule has 1 rings (SSSR count). The Labute approximate surface area is 130 Å². The molecule has 3 heteroatoms. The largest absolute Gasteiger partial charge is 0.496 e. The van der Waals surface area contributed by atoms with Crippen molar-refractivity contribution >= 4 is 0 Å². The molecule has 21 heavy (non-hydrogen) atoms. The molecule has 0 aromatic heterocycles.